The topological polar surface area (TPSA) is 64.9 Å². The number of nitrogens with one attached hydrogen (secondary N) is 2. The lowest BCUT2D eigenvalue weighted by Gasteiger charge is -2.15. The predicted molar refractivity (Wildman–Crippen MR) is 70.6 cm³/mol. The molecule has 1 aromatic carbocycles. The second-order valence-electron chi connectivity index (χ2n) is 3.66. The van der Waals surface area contributed by atoms with Crippen molar-refractivity contribution in [2.24, 2.45) is 0 Å². The highest BCUT2D eigenvalue weighted by Crippen LogP contribution is 2.26. The van der Waals surface area contributed by atoms with Gasteiger partial charge < -0.3 is 10.6 Å². The summed E-state index contributed by atoms with van der Waals surface area (Å²) in [5, 5.41) is 14.1. The normalized spacial score (nSPS) is 11.5. The van der Waals surface area contributed by atoms with Gasteiger partial charge in [0.05, 0.1) is 15.7 Å². The van der Waals surface area contributed by atoms with Crippen molar-refractivity contribution in [3.63, 3.8) is 0 Å². The molecule has 1 amide bonds. The second kappa shape index (κ2) is 6.36. The highest BCUT2D eigenvalue weighted by Gasteiger charge is 2.16. The van der Waals surface area contributed by atoms with Crippen molar-refractivity contribution in [2.45, 2.75) is 19.9 Å². The summed E-state index contributed by atoms with van der Waals surface area (Å²) in [5.74, 6) is -0.789. The van der Waals surface area contributed by atoms with E-state index in [1.54, 1.807) is 6.92 Å². The summed E-state index contributed by atoms with van der Waals surface area (Å²) in [7, 11) is 0. The molecule has 1 aromatic rings. The van der Waals surface area contributed by atoms with Gasteiger partial charge in [0.15, 0.2) is 5.82 Å². The molecule has 0 radical (unpaired) electrons. The molecule has 2 N–H and O–H groups in total. The lowest BCUT2D eigenvalue weighted by atomic mass is 10.2. The summed E-state index contributed by atoms with van der Waals surface area (Å²) in [4.78, 5) is 11.5. The summed E-state index contributed by atoms with van der Waals surface area (Å²) < 4.78 is 14.0. The van der Waals surface area contributed by atoms with Crippen molar-refractivity contribution < 1.29 is 9.18 Å². The standard InChI is InChI=1S/C12H13BrFN3O/c1-3-16-12(18)7(2)17-9-5-4-8(6-15)10(13)11(9)14/h4-5,7,17H,3H2,1-2H3,(H,16,18). The van der Waals surface area contributed by atoms with E-state index >= 15 is 0 Å². The molecule has 0 saturated carbocycles. The van der Waals surface area contributed by atoms with Crippen LogP contribution in [-0.4, -0.2) is 18.5 Å². The Kier molecular flexibility index (Phi) is 5.10. The first-order valence-electron chi connectivity index (χ1n) is 5.43. The number of hydrogen-bond donors (Lipinski definition) is 2. The Hall–Kier alpha value is -1.61. The fourth-order valence-corrected chi connectivity index (χ4v) is 1.81. The van der Waals surface area contributed by atoms with Crippen LogP contribution in [0.1, 0.15) is 19.4 Å². The number of likely N-dealkylation sites (N-methyl/N-ethyl adjacent to an activating group) is 1. The first kappa shape index (κ1) is 14.5. The molecule has 0 saturated heterocycles. The first-order chi connectivity index (χ1) is 8.51. The van der Waals surface area contributed by atoms with Gasteiger partial charge in [-0.15, -0.1) is 0 Å². The number of hydrogen-bond acceptors (Lipinski definition) is 3. The Morgan fingerprint density at radius 1 is 1.61 bits per heavy atom. The van der Waals surface area contributed by atoms with E-state index < -0.39 is 11.9 Å². The average molecular weight is 314 g/mol. The van der Waals surface area contributed by atoms with E-state index in [4.69, 9.17) is 5.26 Å². The number of nitrogens with zero attached hydrogens (tertiary/aromatic N) is 1. The van der Waals surface area contributed by atoms with Gasteiger partial charge in [0.1, 0.15) is 12.1 Å². The van der Waals surface area contributed by atoms with E-state index in [1.807, 2.05) is 13.0 Å². The van der Waals surface area contributed by atoms with E-state index in [2.05, 4.69) is 26.6 Å². The van der Waals surface area contributed by atoms with Gasteiger partial charge in [-0.2, -0.15) is 5.26 Å². The third kappa shape index (κ3) is 3.20. The molecule has 0 aliphatic heterocycles. The van der Waals surface area contributed by atoms with Crippen LogP contribution in [-0.2, 0) is 4.79 Å². The van der Waals surface area contributed by atoms with E-state index in [9.17, 15) is 9.18 Å². The van der Waals surface area contributed by atoms with Crippen LogP contribution in [0.5, 0.6) is 0 Å². The molecule has 4 nitrogen and oxygen atoms in total. The molecule has 0 heterocycles. The molecule has 6 heteroatoms. The van der Waals surface area contributed by atoms with Crippen LogP contribution in [0.15, 0.2) is 16.6 Å². The van der Waals surface area contributed by atoms with Crippen LogP contribution in [0.4, 0.5) is 10.1 Å². The van der Waals surface area contributed by atoms with E-state index in [0.717, 1.165) is 0 Å². The number of anilines is 1. The molecule has 1 atom stereocenters. The average Bonchev–Trinajstić information content (AvgIpc) is 2.35. The van der Waals surface area contributed by atoms with Gasteiger partial charge >= 0.3 is 0 Å². The van der Waals surface area contributed by atoms with E-state index in [-0.39, 0.29) is 21.6 Å². The Morgan fingerprint density at radius 2 is 2.28 bits per heavy atom. The predicted octanol–water partition coefficient (Wildman–Crippen LogP) is 2.40. The van der Waals surface area contributed by atoms with Gasteiger partial charge in [-0.05, 0) is 41.9 Å². The summed E-state index contributed by atoms with van der Waals surface area (Å²) in [6.45, 7) is 3.96. The smallest absolute Gasteiger partial charge is 0.242 e. The van der Waals surface area contributed by atoms with Crippen molar-refractivity contribution >= 4 is 27.5 Å². The third-order valence-electron chi connectivity index (χ3n) is 2.32. The number of carbonyl (C=O) groups is 1. The lowest BCUT2D eigenvalue weighted by Crippen LogP contribution is -2.37. The van der Waals surface area contributed by atoms with E-state index in [1.165, 1.54) is 12.1 Å². The quantitative estimate of drug-likeness (QED) is 0.897. The van der Waals surface area contributed by atoms with Crippen LogP contribution in [0, 0.1) is 17.1 Å². The highest BCUT2D eigenvalue weighted by molar-refractivity contribution is 9.10. The maximum absolute atomic E-state index is 13.9. The molecule has 0 fully saturated rings. The zero-order valence-electron chi connectivity index (χ0n) is 10.1. The Morgan fingerprint density at radius 3 is 2.83 bits per heavy atom. The minimum Gasteiger partial charge on any atom is -0.371 e. The van der Waals surface area contributed by atoms with Crippen LogP contribution in [0.3, 0.4) is 0 Å². The van der Waals surface area contributed by atoms with Crippen LogP contribution in [0.25, 0.3) is 0 Å². The molecule has 0 aliphatic rings. The van der Waals surface area contributed by atoms with Crippen molar-refractivity contribution in [3.05, 3.63) is 28.0 Å². The monoisotopic (exact) mass is 313 g/mol. The van der Waals surface area contributed by atoms with Gasteiger partial charge in [-0.1, -0.05) is 0 Å². The SMILES string of the molecule is CCNC(=O)C(C)Nc1ccc(C#N)c(Br)c1F. The van der Waals surface area contributed by atoms with Crippen molar-refractivity contribution in [2.75, 3.05) is 11.9 Å². The Labute approximate surface area is 113 Å². The van der Waals surface area contributed by atoms with Crippen LogP contribution >= 0.6 is 15.9 Å². The van der Waals surface area contributed by atoms with Crippen molar-refractivity contribution in [1.82, 2.24) is 5.32 Å². The number of halogens is 2. The zero-order valence-corrected chi connectivity index (χ0v) is 11.6. The minimum absolute atomic E-state index is 0.0955. The molecule has 0 bridgehead atoms. The Balaban J connectivity index is 2.90. The highest BCUT2D eigenvalue weighted by atomic mass is 79.9. The fraction of sp³-hybridized carbons (Fsp3) is 0.333. The fourth-order valence-electron chi connectivity index (χ4n) is 1.37. The number of benzene rings is 1. The summed E-state index contributed by atoms with van der Waals surface area (Å²) in [6.07, 6.45) is 0. The molecule has 0 aromatic heterocycles. The van der Waals surface area contributed by atoms with Crippen LogP contribution < -0.4 is 10.6 Å². The molecule has 0 spiro atoms. The maximum atomic E-state index is 13.9. The van der Waals surface area contributed by atoms with Crippen LogP contribution in [0.2, 0.25) is 0 Å². The third-order valence-corrected chi connectivity index (χ3v) is 3.09. The van der Waals surface area contributed by atoms with Gasteiger partial charge in [0.2, 0.25) is 5.91 Å². The molecule has 0 aliphatic carbocycles. The van der Waals surface area contributed by atoms with Gasteiger partial charge in [-0.25, -0.2) is 4.39 Å². The number of rotatable bonds is 4. The minimum atomic E-state index is -0.579. The molecule has 1 rings (SSSR count). The summed E-state index contributed by atoms with van der Waals surface area (Å²) >= 11 is 3.01. The summed E-state index contributed by atoms with van der Waals surface area (Å²) in [6, 6.07) is 4.23. The zero-order chi connectivity index (χ0) is 13.7. The molecular weight excluding hydrogens is 301 g/mol. The molecule has 18 heavy (non-hydrogen) atoms. The van der Waals surface area contributed by atoms with Crippen molar-refractivity contribution in [1.29, 1.82) is 5.26 Å². The largest absolute Gasteiger partial charge is 0.371 e. The number of amides is 1. The molecular formula is C12H13BrFN3O. The van der Waals surface area contributed by atoms with E-state index in [0.29, 0.717) is 6.54 Å². The van der Waals surface area contributed by atoms with Gasteiger partial charge in [0.25, 0.3) is 0 Å². The second-order valence-corrected chi connectivity index (χ2v) is 4.45. The summed E-state index contributed by atoms with van der Waals surface area (Å²) in [5.41, 5.74) is 0.392. The maximum Gasteiger partial charge on any atom is 0.242 e. The lowest BCUT2D eigenvalue weighted by molar-refractivity contribution is -0.121. The van der Waals surface area contributed by atoms with Gasteiger partial charge in [-0.3, -0.25) is 4.79 Å². The first-order valence-corrected chi connectivity index (χ1v) is 6.22. The van der Waals surface area contributed by atoms with Crippen molar-refractivity contribution in [3.8, 4) is 6.07 Å². The number of nitriles is 1. The number of carbonyl (C=O) groups excluding carboxylic acids is 1. The molecule has 1 unspecified atom stereocenters. The molecule has 96 valence electrons. The van der Waals surface area contributed by atoms with Gasteiger partial charge in [0, 0.05) is 6.54 Å². The Bertz CT molecular complexity index is 499.